The monoisotopic (exact) mass is 321 g/mol. The predicted octanol–water partition coefficient (Wildman–Crippen LogP) is 3.81. The van der Waals surface area contributed by atoms with Crippen LogP contribution < -0.4 is 5.73 Å². The van der Waals surface area contributed by atoms with E-state index in [0.29, 0.717) is 0 Å². The summed E-state index contributed by atoms with van der Waals surface area (Å²) in [4.78, 5) is 1.20. The number of fused-ring (bicyclic) bond motifs is 1. The van der Waals surface area contributed by atoms with Gasteiger partial charge >= 0.3 is 0 Å². The van der Waals surface area contributed by atoms with E-state index in [0.717, 1.165) is 5.69 Å². The second-order valence-corrected chi connectivity index (χ2v) is 5.49. The van der Waals surface area contributed by atoms with E-state index >= 15 is 0 Å². The zero-order valence-corrected chi connectivity index (χ0v) is 10.8. The van der Waals surface area contributed by atoms with Crippen molar-refractivity contribution in [2.75, 3.05) is 12.0 Å². The van der Waals surface area contributed by atoms with Gasteiger partial charge in [0.1, 0.15) is 0 Å². The normalized spacial score (nSPS) is 10.9. The molecule has 0 aliphatic rings. The van der Waals surface area contributed by atoms with Crippen molar-refractivity contribution in [3.05, 3.63) is 21.1 Å². The molecule has 1 heterocycles. The van der Waals surface area contributed by atoms with Gasteiger partial charge < -0.3 is 5.73 Å². The molecule has 0 bridgehead atoms. The number of thiophene rings is 1. The highest BCUT2D eigenvalue weighted by molar-refractivity contribution is 14.1. The van der Waals surface area contributed by atoms with Crippen molar-refractivity contribution in [1.82, 2.24) is 0 Å². The molecule has 2 N–H and O–H groups in total. The van der Waals surface area contributed by atoms with Gasteiger partial charge in [-0.3, -0.25) is 0 Å². The Morgan fingerprint density at radius 3 is 3.00 bits per heavy atom. The summed E-state index contributed by atoms with van der Waals surface area (Å²) in [6, 6.07) is 4.22. The molecule has 0 aliphatic heterocycles. The second-order valence-electron chi connectivity index (χ2n) is 2.65. The minimum atomic E-state index is 0.895. The Morgan fingerprint density at radius 2 is 2.31 bits per heavy atom. The first-order valence-electron chi connectivity index (χ1n) is 3.73. The molecule has 68 valence electrons. The average molecular weight is 321 g/mol. The van der Waals surface area contributed by atoms with E-state index in [4.69, 9.17) is 5.73 Å². The SMILES string of the molecule is CSc1c(N)cc2sccc2c1I. The lowest BCUT2D eigenvalue weighted by Crippen LogP contribution is -1.90. The topological polar surface area (TPSA) is 26.0 Å². The fourth-order valence-corrected chi connectivity index (χ4v) is 4.33. The third-order valence-corrected chi connectivity index (χ3v) is 5.08. The van der Waals surface area contributed by atoms with E-state index in [9.17, 15) is 0 Å². The summed E-state index contributed by atoms with van der Waals surface area (Å²) in [5.41, 5.74) is 6.83. The standard InChI is InChI=1S/C9H8INS2/c1-12-9-6(11)4-7-5(8(9)10)2-3-13-7/h2-4H,11H2,1H3. The summed E-state index contributed by atoms with van der Waals surface area (Å²) < 4.78 is 2.56. The van der Waals surface area contributed by atoms with Gasteiger partial charge in [-0.25, -0.2) is 0 Å². The van der Waals surface area contributed by atoms with E-state index in [-0.39, 0.29) is 0 Å². The molecule has 0 atom stereocenters. The Morgan fingerprint density at radius 1 is 1.54 bits per heavy atom. The van der Waals surface area contributed by atoms with Crippen LogP contribution in [0.1, 0.15) is 0 Å². The minimum absolute atomic E-state index is 0.895. The van der Waals surface area contributed by atoms with Gasteiger partial charge in [-0.1, -0.05) is 0 Å². The predicted molar refractivity (Wildman–Crippen MR) is 70.7 cm³/mol. The van der Waals surface area contributed by atoms with Crippen molar-refractivity contribution in [2.45, 2.75) is 4.90 Å². The number of thioether (sulfide) groups is 1. The van der Waals surface area contributed by atoms with Gasteiger partial charge in [0.15, 0.2) is 0 Å². The van der Waals surface area contributed by atoms with Gasteiger partial charge in [-0.2, -0.15) is 0 Å². The third-order valence-electron chi connectivity index (χ3n) is 1.88. The maximum atomic E-state index is 5.94. The molecule has 2 rings (SSSR count). The zero-order valence-electron chi connectivity index (χ0n) is 7.00. The van der Waals surface area contributed by atoms with Crippen LogP contribution in [0, 0.1) is 3.57 Å². The zero-order chi connectivity index (χ0) is 9.42. The number of anilines is 1. The van der Waals surface area contributed by atoms with Crippen LogP contribution in [0.4, 0.5) is 5.69 Å². The maximum absolute atomic E-state index is 5.94. The van der Waals surface area contributed by atoms with Crippen LogP contribution in [0.25, 0.3) is 10.1 Å². The quantitative estimate of drug-likeness (QED) is 0.491. The van der Waals surface area contributed by atoms with Crippen molar-refractivity contribution < 1.29 is 0 Å². The summed E-state index contributed by atoms with van der Waals surface area (Å²) >= 11 is 5.82. The van der Waals surface area contributed by atoms with Crippen LogP contribution in [-0.4, -0.2) is 6.26 Å². The summed E-state index contributed by atoms with van der Waals surface area (Å²) in [5.74, 6) is 0. The van der Waals surface area contributed by atoms with Gasteiger partial charge in [0, 0.05) is 24.2 Å². The average Bonchev–Trinajstić information content (AvgIpc) is 2.53. The number of nitrogens with two attached hydrogens (primary N) is 1. The van der Waals surface area contributed by atoms with Crippen molar-refractivity contribution >= 4 is 61.5 Å². The van der Waals surface area contributed by atoms with Crippen molar-refractivity contribution in [3.63, 3.8) is 0 Å². The van der Waals surface area contributed by atoms with Crippen molar-refractivity contribution in [3.8, 4) is 0 Å². The molecule has 13 heavy (non-hydrogen) atoms. The molecule has 0 spiro atoms. The molecule has 0 aliphatic carbocycles. The highest BCUT2D eigenvalue weighted by atomic mass is 127. The summed E-state index contributed by atoms with van der Waals surface area (Å²) in [6.07, 6.45) is 2.06. The number of hydrogen-bond donors (Lipinski definition) is 1. The van der Waals surface area contributed by atoms with Gasteiger partial charge in [0.25, 0.3) is 0 Å². The fourth-order valence-electron chi connectivity index (χ4n) is 1.28. The Labute approximate surface area is 98.8 Å². The molecule has 0 radical (unpaired) electrons. The molecule has 0 saturated heterocycles. The Balaban J connectivity index is 2.85. The highest BCUT2D eigenvalue weighted by Crippen LogP contribution is 2.36. The molecule has 1 aromatic heterocycles. The van der Waals surface area contributed by atoms with E-state index in [1.165, 1.54) is 18.6 Å². The molecule has 1 aromatic carbocycles. The smallest absolute Gasteiger partial charge is 0.0477 e. The second kappa shape index (κ2) is 3.67. The number of rotatable bonds is 1. The van der Waals surface area contributed by atoms with Crippen LogP contribution >= 0.6 is 45.7 Å². The molecular weight excluding hydrogens is 313 g/mol. The molecule has 0 saturated carbocycles. The van der Waals surface area contributed by atoms with Gasteiger partial charge in [0.2, 0.25) is 0 Å². The van der Waals surface area contributed by atoms with Crippen molar-refractivity contribution in [2.24, 2.45) is 0 Å². The van der Waals surface area contributed by atoms with E-state index in [1.807, 2.05) is 0 Å². The summed E-state index contributed by atoms with van der Waals surface area (Å²) in [5, 5.41) is 3.43. The van der Waals surface area contributed by atoms with E-state index in [1.54, 1.807) is 23.1 Å². The first-order valence-corrected chi connectivity index (χ1v) is 6.91. The molecule has 0 unspecified atom stereocenters. The van der Waals surface area contributed by atoms with Crippen molar-refractivity contribution in [1.29, 1.82) is 0 Å². The minimum Gasteiger partial charge on any atom is -0.398 e. The fraction of sp³-hybridized carbons (Fsp3) is 0.111. The van der Waals surface area contributed by atoms with Crippen LogP contribution in [0.2, 0.25) is 0 Å². The molecule has 1 nitrogen and oxygen atoms in total. The molecule has 0 fully saturated rings. The third kappa shape index (κ3) is 1.55. The first-order chi connectivity index (χ1) is 6.24. The van der Waals surface area contributed by atoms with Crippen LogP contribution in [-0.2, 0) is 0 Å². The number of halogens is 1. The lowest BCUT2D eigenvalue weighted by atomic mass is 10.2. The molecule has 0 amide bonds. The Hall–Kier alpha value is 0.0600. The Kier molecular flexibility index (Phi) is 2.71. The van der Waals surface area contributed by atoms with Gasteiger partial charge in [-0.05, 0) is 46.4 Å². The summed E-state index contributed by atoms with van der Waals surface area (Å²) in [7, 11) is 0. The lowest BCUT2D eigenvalue weighted by molar-refractivity contribution is 1.47. The maximum Gasteiger partial charge on any atom is 0.0477 e. The van der Waals surface area contributed by atoms with Crippen LogP contribution in [0.3, 0.4) is 0 Å². The Bertz CT molecular complexity index is 450. The molecule has 4 heteroatoms. The van der Waals surface area contributed by atoms with E-state index in [2.05, 4.69) is 46.4 Å². The number of hydrogen-bond acceptors (Lipinski definition) is 3. The van der Waals surface area contributed by atoms with E-state index < -0.39 is 0 Å². The van der Waals surface area contributed by atoms with Gasteiger partial charge in [0.05, 0.1) is 0 Å². The molecule has 2 aromatic rings. The summed E-state index contributed by atoms with van der Waals surface area (Å²) in [6.45, 7) is 0. The number of nitrogen functional groups attached to an aromatic ring is 1. The van der Waals surface area contributed by atoms with Crippen LogP contribution in [0.5, 0.6) is 0 Å². The van der Waals surface area contributed by atoms with Gasteiger partial charge in [-0.15, -0.1) is 23.1 Å². The molecular formula is C9H8INS2. The largest absolute Gasteiger partial charge is 0.398 e. The highest BCUT2D eigenvalue weighted by Gasteiger charge is 2.08. The van der Waals surface area contributed by atoms with Crippen LogP contribution in [0.15, 0.2) is 22.4 Å². The lowest BCUT2D eigenvalue weighted by Gasteiger charge is -2.06. The first kappa shape index (κ1) is 9.61. The number of benzene rings is 1.